The van der Waals surface area contributed by atoms with Crippen LogP contribution in [0.2, 0.25) is 15.1 Å². The van der Waals surface area contributed by atoms with Crippen molar-refractivity contribution in [3.63, 3.8) is 0 Å². The van der Waals surface area contributed by atoms with Gasteiger partial charge >= 0.3 is 0 Å². The Balaban J connectivity index is 1.60. The second-order valence-electron chi connectivity index (χ2n) is 7.73. The Labute approximate surface area is 223 Å². The molecule has 1 aliphatic rings. The van der Waals surface area contributed by atoms with Crippen LogP contribution in [0.4, 0.5) is 5.69 Å². The minimum atomic E-state index is -1.31. The molecule has 0 radical (unpaired) electrons. The number of benzene rings is 2. The number of methoxy groups -OCH3 is 1. The Hall–Kier alpha value is -1.25. The lowest BCUT2D eigenvalue weighted by molar-refractivity contribution is -0.117. The van der Waals surface area contributed by atoms with E-state index in [-0.39, 0.29) is 16.5 Å². The normalized spacial score (nSPS) is 18.4. The standard InChI is InChI=1S/C23H23Cl5N2O4/c1-33-7-8-34-6-2-5-29-21(31)17-12-16(3-4-18(17)26)30-22(32)20-19(23(20,27)28)13-9-14(24)11-15(25)10-13/h3-4,9-12,19-20H,2,5-8H2,1H3,(H,29,31)(H,30,32)/t19-,20+/m0/s1. The highest BCUT2D eigenvalue weighted by molar-refractivity contribution is 6.53. The number of nitrogens with one attached hydrogen (secondary N) is 2. The predicted octanol–water partition coefficient (Wildman–Crippen LogP) is 5.96. The maximum absolute atomic E-state index is 12.9. The molecule has 0 aromatic heterocycles. The van der Waals surface area contributed by atoms with Crippen molar-refractivity contribution in [1.29, 1.82) is 0 Å². The highest BCUT2D eigenvalue weighted by Crippen LogP contribution is 2.65. The van der Waals surface area contributed by atoms with Gasteiger partial charge in [0.05, 0.1) is 29.7 Å². The highest BCUT2D eigenvalue weighted by Gasteiger charge is 2.67. The minimum absolute atomic E-state index is 0.233. The first-order valence-corrected chi connectivity index (χ1v) is 12.3. The van der Waals surface area contributed by atoms with Crippen LogP contribution in [-0.4, -0.2) is 49.6 Å². The quantitative estimate of drug-likeness (QED) is 0.259. The van der Waals surface area contributed by atoms with Crippen molar-refractivity contribution >= 4 is 75.5 Å². The molecule has 11 heteroatoms. The van der Waals surface area contributed by atoms with Gasteiger partial charge in [0.25, 0.3) is 5.91 Å². The van der Waals surface area contributed by atoms with Crippen molar-refractivity contribution in [3.8, 4) is 0 Å². The number of halogens is 5. The SMILES string of the molecule is COCCOCCCNC(=O)c1cc(NC(=O)[C@H]2[C@H](c3cc(Cl)cc(Cl)c3)C2(Cl)Cl)ccc1Cl. The van der Waals surface area contributed by atoms with E-state index in [1.165, 1.54) is 12.1 Å². The Morgan fingerprint density at radius 3 is 2.38 bits per heavy atom. The van der Waals surface area contributed by atoms with Crippen LogP contribution in [0.1, 0.15) is 28.3 Å². The molecule has 0 aliphatic heterocycles. The van der Waals surface area contributed by atoms with Crippen molar-refractivity contribution in [2.75, 3.05) is 38.8 Å². The summed E-state index contributed by atoms with van der Waals surface area (Å²) in [4.78, 5) is 25.5. The van der Waals surface area contributed by atoms with E-state index >= 15 is 0 Å². The number of hydrogen-bond acceptors (Lipinski definition) is 4. The van der Waals surface area contributed by atoms with Gasteiger partial charge in [0.2, 0.25) is 5.91 Å². The zero-order valence-electron chi connectivity index (χ0n) is 18.2. The summed E-state index contributed by atoms with van der Waals surface area (Å²) in [6.45, 7) is 1.91. The average molecular weight is 569 g/mol. The van der Waals surface area contributed by atoms with Gasteiger partial charge in [-0.15, -0.1) is 23.2 Å². The third-order valence-electron chi connectivity index (χ3n) is 5.24. The summed E-state index contributed by atoms with van der Waals surface area (Å²) in [6, 6.07) is 9.58. The summed E-state index contributed by atoms with van der Waals surface area (Å²) in [5, 5.41) is 6.65. The van der Waals surface area contributed by atoms with E-state index in [0.29, 0.717) is 54.1 Å². The molecule has 1 fully saturated rings. The fraction of sp³-hybridized carbons (Fsp3) is 0.391. The van der Waals surface area contributed by atoms with E-state index in [9.17, 15) is 9.59 Å². The second kappa shape index (κ2) is 12.1. The molecule has 2 aromatic rings. The van der Waals surface area contributed by atoms with Gasteiger partial charge < -0.3 is 20.1 Å². The Morgan fingerprint density at radius 2 is 1.71 bits per heavy atom. The summed E-state index contributed by atoms with van der Waals surface area (Å²) in [6.07, 6.45) is 0.633. The number of carbonyl (C=O) groups excluding carboxylic acids is 2. The largest absolute Gasteiger partial charge is 0.382 e. The molecule has 2 N–H and O–H groups in total. The molecule has 0 spiro atoms. The molecule has 34 heavy (non-hydrogen) atoms. The van der Waals surface area contributed by atoms with E-state index in [2.05, 4.69) is 10.6 Å². The number of anilines is 1. The zero-order chi connectivity index (χ0) is 24.9. The Morgan fingerprint density at radius 1 is 1.00 bits per heavy atom. The monoisotopic (exact) mass is 566 g/mol. The summed E-state index contributed by atoms with van der Waals surface area (Å²) < 4.78 is 8.95. The molecule has 0 heterocycles. The van der Waals surface area contributed by atoms with Crippen LogP contribution in [0.3, 0.4) is 0 Å². The van der Waals surface area contributed by atoms with E-state index < -0.39 is 22.1 Å². The summed E-state index contributed by atoms with van der Waals surface area (Å²) in [5.74, 6) is -1.96. The maximum Gasteiger partial charge on any atom is 0.252 e. The van der Waals surface area contributed by atoms with Gasteiger partial charge in [0, 0.05) is 41.9 Å². The lowest BCUT2D eigenvalue weighted by Gasteiger charge is -2.10. The molecule has 0 saturated heterocycles. The van der Waals surface area contributed by atoms with E-state index in [1.807, 2.05) is 0 Å². The first kappa shape index (κ1) is 27.3. The van der Waals surface area contributed by atoms with Crippen LogP contribution in [0.5, 0.6) is 0 Å². The van der Waals surface area contributed by atoms with Gasteiger partial charge in [0.1, 0.15) is 4.33 Å². The van der Waals surface area contributed by atoms with Crippen LogP contribution >= 0.6 is 58.0 Å². The van der Waals surface area contributed by atoms with Crippen LogP contribution in [0, 0.1) is 5.92 Å². The van der Waals surface area contributed by atoms with Crippen LogP contribution in [0.25, 0.3) is 0 Å². The molecule has 0 unspecified atom stereocenters. The van der Waals surface area contributed by atoms with E-state index in [0.717, 1.165) is 0 Å². The molecule has 2 aromatic carbocycles. The third-order valence-corrected chi connectivity index (χ3v) is 6.95. The Bertz CT molecular complexity index is 1030. The molecular weight excluding hydrogens is 546 g/mol. The molecular formula is C23H23Cl5N2O4. The number of rotatable bonds is 11. The number of ether oxygens (including phenoxy) is 2. The summed E-state index contributed by atoms with van der Waals surface area (Å²) in [5.41, 5.74) is 1.29. The van der Waals surface area contributed by atoms with E-state index in [4.69, 9.17) is 67.5 Å². The molecule has 3 rings (SSSR count). The third kappa shape index (κ3) is 6.91. The van der Waals surface area contributed by atoms with Gasteiger partial charge in [0.15, 0.2) is 0 Å². The van der Waals surface area contributed by atoms with Crippen molar-refractivity contribution in [2.45, 2.75) is 16.7 Å². The van der Waals surface area contributed by atoms with Gasteiger partial charge in [-0.05, 0) is 48.4 Å². The summed E-state index contributed by atoms with van der Waals surface area (Å²) in [7, 11) is 1.60. The highest BCUT2D eigenvalue weighted by atomic mass is 35.5. The topological polar surface area (TPSA) is 76.7 Å². The molecule has 1 saturated carbocycles. The van der Waals surface area contributed by atoms with Crippen LogP contribution in [-0.2, 0) is 14.3 Å². The van der Waals surface area contributed by atoms with Gasteiger partial charge in [-0.3, -0.25) is 9.59 Å². The van der Waals surface area contributed by atoms with Gasteiger partial charge in [-0.2, -0.15) is 0 Å². The maximum atomic E-state index is 12.9. The number of amides is 2. The van der Waals surface area contributed by atoms with Crippen molar-refractivity contribution in [3.05, 3.63) is 62.6 Å². The molecule has 1 aliphatic carbocycles. The molecule has 2 amide bonds. The average Bonchev–Trinajstić information content (AvgIpc) is 3.35. The first-order valence-electron chi connectivity index (χ1n) is 10.4. The lowest BCUT2D eigenvalue weighted by atomic mass is 10.1. The van der Waals surface area contributed by atoms with Gasteiger partial charge in [-0.25, -0.2) is 0 Å². The van der Waals surface area contributed by atoms with Crippen LogP contribution < -0.4 is 10.6 Å². The molecule has 0 bridgehead atoms. The minimum Gasteiger partial charge on any atom is -0.382 e. The first-order chi connectivity index (χ1) is 16.1. The second-order valence-corrected chi connectivity index (χ2v) is 10.5. The fourth-order valence-corrected chi connectivity index (χ4v) is 5.11. The Kier molecular flexibility index (Phi) is 9.75. The van der Waals surface area contributed by atoms with E-state index in [1.54, 1.807) is 31.4 Å². The smallest absolute Gasteiger partial charge is 0.252 e. The summed E-state index contributed by atoms with van der Waals surface area (Å²) >= 11 is 31.2. The fourth-order valence-electron chi connectivity index (χ4n) is 3.54. The van der Waals surface area contributed by atoms with Gasteiger partial charge in [-0.1, -0.05) is 34.8 Å². The van der Waals surface area contributed by atoms with Crippen LogP contribution in [0.15, 0.2) is 36.4 Å². The lowest BCUT2D eigenvalue weighted by Crippen LogP contribution is -2.26. The number of hydrogen-bond donors (Lipinski definition) is 2. The molecule has 184 valence electrons. The number of carbonyl (C=O) groups is 2. The number of alkyl halides is 2. The zero-order valence-corrected chi connectivity index (χ0v) is 22.0. The molecule has 2 atom stereocenters. The van der Waals surface area contributed by atoms with Crippen molar-refractivity contribution in [1.82, 2.24) is 5.32 Å². The molecule has 6 nitrogen and oxygen atoms in total. The van der Waals surface area contributed by atoms with Crippen molar-refractivity contribution < 1.29 is 19.1 Å². The predicted molar refractivity (Wildman–Crippen MR) is 137 cm³/mol. The van der Waals surface area contributed by atoms with Crippen molar-refractivity contribution in [2.24, 2.45) is 5.92 Å².